The molecule has 0 aliphatic rings. The topological polar surface area (TPSA) is 55.4 Å². The minimum Gasteiger partial charge on any atom is -0.465 e. The zero-order valence-electron chi connectivity index (χ0n) is 11.2. The molecule has 1 heterocycles. The van der Waals surface area contributed by atoms with Crippen LogP contribution in [0.5, 0.6) is 0 Å². The molecule has 0 unspecified atom stereocenters. The number of benzene rings is 1. The minimum atomic E-state index is -0.510. The van der Waals surface area contributed by atoms with E-state index < -0.39 is 17.7 Å². The molecule has 2 rings (SSSR count). The highest BCUT2D eigenvalue weighted by molar-refractivity contribution is 9.10. The summed E-state index contributed by atoms with van der Waals surface area (Å²) in [7, 11) is 1.28. The van der Waals surface area contributed by atoms with Crippen LogP contribution in [0.3, 0.4) is 0 Å². The number of hydrogen-bond acceptors (Lipinski definition) is 4. The third kappa shape index (κ3) is 3.30. The lowest BCUT2D eigenvalue weighted by Gasteiger charge is -2.08. The van der Waals surface area contributed by atoms with Crippen molar-refractivity contribution < 1.29 is 18.7 Å². The van der Waals surface area contributed by atoms with Gasteiger partial charge in [0.15, 0.2) is 0 Å². The van der Waals surface area contributed by atoms with Crippen molar-refractivity contribution in [3.8, 4) is 0 Å². The summed E-state index contributed by atoms with van der Waals surface area (Å²) in [4.78, 5) is 24.2. The Bertz CT molecular complexity index is 714. The SMILES string of the molecule is COC(=O)c1scc(C)c1NC(=O)c1ccc(F)c(Br)c1. The van der Waals surface area contributed by atoms with Crippen molar-refractivity contribution in [2.24, 2.45) is 0 Å². The summed E-state index contributed by atoms with van der Waals surface area (Å²) in [6.45, 7) is 1.78. The number of hydrogen-bond donors (Lipinski definition) is 1. The highest BCUT2D eigenvalue weighted by atomic mass is 79.9. The molecule has 0 aliphatic carbocycles. The summed E-state index contributed by atoms with van der Waals surface area (Å²) in [6.07, 6.45) is 0. The van der Waals surface area contributed by atoms with Crippen LogP contribution in [0.2, 0.25) is 0 Å². The predicted octanol–water partition coefficient (Wildman–Crippen LogP) is 4.00. The van der Waals surface area contributed by atoms with Crippen LogP contribution in [0.15, 0.2) is 28.1 Å². The van der Waals surface area contributed by atoms with Crippen LogP contribution in [0.4, 0.5) is 10.1 Å². The number of halogens is 2. The van der Waals surface area contributed by atoms with E-state index in [1.54, 1.807) is 12.3 Å². The molecule has 0 fully saturated rings. The summed E-state index contributed by atoms with van der Waals surface area (Å²) < 4.78 is 18.1. The van der Waals surface area contributed by atoms with Crippen LogP contribution < -0.4 is 5.32 Å². The first-order valence-corrected chi connectivity index (χ1v) is 7.54. The average molecular weight is 372 g/mol. The van der Waals surface area contributed by atoms with Crippen molar-refractivity contribution in [3.63, 3.8) is 0 Å². The number of esters is 1. The van der Waals surface area contributed by atoms with Crippen LogP contribution in [-0.2, 0) is 4.74 Å². The lowest BCUT2D eigenvalue weighted by atomic mass is 10.2. The van der Waals surface area contributed by atoms with Gasteiger partial charge >= 0.3 is 5.97 Å². The van der Waals surface area contributed by atoms with Gasteiger partial charge in [-0.1, -0.05) is 0 Å². The molecule has 0 spiro atoms. The van der Waals surface area contributed by atoms with Crippen LogP contribution in [0, 0.1) is 12.7 Å². The van der Waals surface area contributed by atoms with Gasteiger partial charge < -0.3 is 10.1 Å². The standard InChI is InChI=1S/C14H11BrFNO3S/c1-7-6-21-12(14(19)20-2)11(7)17-13(18)8-3-4-10(16)9(15)5-8/h3-6H,1-2H3,(H,17,18). The van der Waals surface area contributed by atoms with E-state index >= 15 is 0 Å². The predicted molar refractivity (Wildman–Crippen MR) is 82.4 cm³/mol. The second-order valence-corrected chi connectivity index (χ2v) is 5.93. The van der Waals surface area contributed by atoms with Crippen LogP contribution in [0.25, 0.3) is 0 Å². The Hall–Kier alpha value is -1.73. The number of ether oxygens (including phenoxy) is 1. The van der Waals surface area contributed by atoms with Crippen molar-refractivity contribution in [2.45, 2.75) is 6.92 Å². The highest BCUT2D eigenvalue weighted by Gasteiger charge is 2.19. The van der Waals surface area contributed by atoms with Gasteiger partial charge in [-0.25, -0.2) is 9.18 Å². The molecule has 110 valence electrons. The zero-order valence-corrected chi connectivity index (χ0v) is 13.6. The second-order valence-electron chi connectivity index (χ2n) is 4.20. The van der Waals surface area contributed by atoms with Crippen molar-refractivity contribution in [1.29, 1.82) is 0 Å². The number of carbonyl (C=O) groups excluding carboxylic acids is 2. The number of thiophene rings is 1. The molecular weight excluding hydrogens is 361 g/mol. The van der Waals surface area contributed by atoms with Gasteiger partial charge in [-0.15, -0.1) is 11.3 Å². The molecule has 1 amide bonds. The first-order chi connectivity index (χ1) is 9.93. The van der Waals surface area contributed by atoms with Gasteiger partial charge in [0.05, 0.1) is 17.3 Å². The van der Waals surface area contributed by atoms with Crippen molar-refractivity contribution in [3.05, 3.63) is 49.9 Å². The number of anilines is 1. The molecule has 0 aliphatic heterocycles. The summed E-state index contributed by atoms with van der Waals surface area (Å²) in [5.41, 5.74) is 1.46. The van der Waals surface area contributed by atoms with E-state index in [-0.39, 0.29) is 10.0 Å². The van der Waals surface area contributed by atoms with Crippen molar-refractivity contribution in [2.75, 3.05) is 12.4 Å². The van der Waals surface area contributed by atoms with Gasteiger partial charge in [-0.05, 0) is 52.0 Å². The summed E-state index contributed by atoms with van der Waals surface area (Å²) in [5.74, 6) is -1.39. The van der Waals surface area contributed by atoms with E-state index in [4.69, 9.17) is 0 Å². The van der Waals surface area contributed by atoms with E-state index in [0.29, 0.717) is 10.6 Å². The molecule has 7 heteroatoms. The Kier molecular flexibility index (Phi) is 4.74. The van der Waals surface area contributed by atoms with Gasteiger partial charge in [0.1, 0.15) is 10.7 Å². The molecule has 4 nitrogen and oxygen atoms in total. The summed E-state index contributed by atoms with van der Waals surface area (Å²) >= 11 is 4.22. The molecule has 0 atom stereocenters. The third-order valence-electron chi connectivity index (χ3n) is 2.77. The number of aryl methyl sites for hydroxylation is 1. The Morgan fingerprint density at radius 2 is 2.10 bits per heavy atom. The van der Waals surface area contributed by atoms with E-state index in [2.05, 4.69) is 26.0 Å². The molecule has 0 bridgehead atoms. The number of nitrogens with one attached hydrogen (secondary N) is 1. The van der Waals surface area contributed by atoms with Gasteiger partial charge in [0.2, 0.25) is 0 Å². The highest BCUT2D eigenvalue weighted by Crippen LogP contribution is 2.29. The smallest absolute Gasteiger partial charge is 0.350 e. The van der Waals surface area contributed by atoms with E-state index in [1.165, 1.54) is 36.6 Å². The van der Waals surface area contributed by atoms with Crippen molar-refractivity contribution >= 4 is 44.8 Å². The quantitative estimate of drug-likeness (QED) is 0.829. The van der Waals surface area contributed by atoms with E-state index in [9.17, 15) is 14.0 Å². The molecule has 0 saturated carbocycles. The van der Waals surface area contributed by atoms with Gasteiger partial charge in [-0.2, -0.15) is 0 Å². The fourth-order valence-electron chi connectivity index (χ4n) is 1.67. The molecule has 1 aromatic carbocycles. The van der Waals surface area contributed by atoms with Gasteiger partial charge in [0, 0.05) is 5.56 Å². The molecule has 1 aromatic heterocycles. The first-order valence-electron chi connectivity index (χ1n) is 5.87. The average Bonchev–Trinajstić information content (AvgIpc) is 2.82. The number of methoxy groups -OCH3 is 1. The fourth-order valence-corrected chi connectivity index (χ4v) is 2.97. The first kappa shape index (κ1) is 15.7. The molecule has 1 N–H and O–H groups in total. The maximum absolute atomic E-state index is 13.2. The van der Waals surface area contributed by atoms with E-state index in [1.807, 2.05) is 0 Å². The Balaban J connectivity index is 2.29. The Labute approximate surface area is 133 Å². The summed E-state index contributed by atoms with van der Waals surface area (Å²) in [6, 6.07) is 3.94. The Morgan fingerprint density at radius 3 is 2.71 bits per heavy atom. The number of rotatable bonds is 3. The molecule has 0 saturated heterocycles. The molecule has 0 radical (unpaired) electrons. The third-order valence-corrected chi connectivity index (χ3v) is 4.45. The maximum Gasteiger partial charge on any atom is 0.350 e. The monoisotopic (exact) mass is 371 g/mol. The molecular formula is C14H11BrFNO3S. The van der Waals surface area contributed by atoms with Gasteiger partial charge in [0.25, 0.3) is 5.91 Å². The largest absolute Gasteiger partial charge is 0.465 e. The molecule has 21 heavy (non-hydrogen) atoms. The van der Waals surface area contributed by atoms with Crippen LogP contribution in [0.1, 0.15) is 25.6 Å². The summed E-state index contributed by atoms with van der Waals surface area (Å²) in [5, 5.41) is 4.42. The zero-order chi connectivity index (χ0) is 15.6. The van der Waals surface area contributed by atoms with E-state index in [0.717, 1.165) is 5.56 Å². The minimum absolute atomic E-state index is 0.199. The lowest BCUT2D eigenvalue weighted by Crippen LogP contribution is -2.14. The molecule has 2 aromatic rings. The van der Waals surface area contributed by atoms with Gasteiger partial charge in [-0.3, -0.25) is 4.79 Å². The second kappa shape index (κ2) is 6.36. The van der Waals surface area contributed by atoms with Crippen LogP contribution >= 0.6 is 27.3 Å². The Morgan fingerprint density at radius 1 is 1.38 bits per heavy atom. The normalized spacial score (nSPS) is 10.3. The lowest BCUT2D eigenvalue weighted by molar-refractivity contribution is 0.0607. The maximum atomic E-state index is 13.2. The fraction of sp³-hybridized carbons (Fsp3) is 0.143. The van der Waals surface area contributed by atoms with Crippen LogP contribution in [-0.4, -0.2) is 19.0 Å². The number of carbonyl (C=O) groups is 2. The van der Waals surface area contributed by atoms with Crippen molar-refractivity contribution in [1.82, 2.24) is 0 Å². The number of amides is 1.